The first-order chi connectivity index (χ1) is 27.0. The Kier molecular flexibility index (Phi) is 8.77. The van der Waals surface area contributed by atoms with Gasteiger partial charge in [-0.3, -0.25) is 29.5 Å². The molecule has 10 nitrogen and oxygen atoms in total. The molecule has 6 atom stereocenters. The smallest absolute Gasteiger partial charge is 0.260 e. The fraction of sp³-hybridized carbons (Fsp3) is 0.318. The number of aromatic hydroxyl groups is 1. The molecule has 3 saturated heterocycles. The van der Waals surface area contributed by atoms with E-state index in [1.807, 2.05) is 42.5 Å². The van der Waals surface area contributed by atoms with Crippen LogP contribution < -0.4 is 15.2 Å². The second-order valence-electron chi connectivity index (χ2n) is 15.5. The minimum atomic E-state index is -1.51. The number of hydrogen-bond donors (Lipinski definition) is 2. The topological polar surface area (TPSA) is 119 Å². The molecule has 5 aliphatic rings. The van der Waals surface area contributed by atoms with E-state index in [9.17, 15) is 23.9 Å². The zero-order valence-corrected chi connectivity index (χ0v) is 31.6. The van der Waals surface area contributed by atoms with E-state index in [2.05, 4.69) is 10.3 Å². The molecule has 0 spiro atoms. The largest absolute Gasteiger partial charge is 0.507 e. The van der Waals surface area contributed by atoms with Crippen molar-refractivity contribution in [3.63, 3.8) is 0 Å². The quantitative estimate of drug-likeness (QED) is 0.162. The number of imide groups is 2. The van der Waals surface area contributed by atoms with Gasteiger partial charge in [0, 0.05) is 29.7 Å². The number of halogens is 2. The number of ether oxygens (including phenoxy) is 1. The van der Waals surface area contributed by atoms with Crippen LogP contribution in [0.25, 0.3) is 0 Å². The maximum Gasteiger partial charge on any atom is 0.260 e. The second-order valence-corrected chi connectivity index (χ2v) is 15.9. The summed E-state index contributed by atoms with van der Waals surface area (Å²) in [6.45, 7) is 6.33. The molecule has 4 fully saturated rings. The fourth-order valence-corrected chi connectivity index (χ4v) is 10.2. The van der Waals surface area contributed by atoms with Crippen molar-refractivity contribution in [1.82, 2.24) is 5.01 Å². The van der Waals surface area contributed by atoms with Crippen molar-refractivity contribution in [2.24, 2.45) is 23.7 Å². The lowest BCUT2D eigenvalue weighted by Crippen LogP contribution is -2.53. The van der Waals surface area contributed by atoms with Gasteiger partial charge in [0.1, 0.15) is 11.6 Å². The predicted octanol–water partition coefficient (Wildman–Crippen LogP) is 6.83. The Morgan fingerprint density at radius 1 is 0.821 bits per heavy atom. The molecule has 56 heavy (non-hydrogen) atoms. The van der Waals surface area contributed by atoms with Crippen LogP contribution in [0.3, 0.4) is 0 Å². The molecule has 4 amide bonds. The first-order valence-electron chi connectivity index (χ1n) is 19.0. The van der Waals surface area contributed by atoms with Gasteiger partial charge in [0.25, 0.3) is 11.8 Å². The van der Waals surface area contributed by atoms with E-state index < -0.39 is 52.6 Å². The lowest BCUT2D eigenvalue weighted by Gasteiger charge is -2.50. The molecule has 9 rings (SSSR count). The van der Waals surface area contributed by atoms with Crippen LogP contribution in [0.1, 0.15) is 41.0 Å². The molecule has 2 aliphatic carbocycles. The van der Waals surface area contributed by atoms with E-state index in [1.165, 1.54) is 29.2 Å². The number of hydrazine groups is 1. The zero-order chi connectivity index (χ0) is 39.0. The number of aryl methyl sites for hydroxylation is 2. The third-order valence-corrected chi connectivity index (χ3v) is 12.8. The van der Waals surface area contributed by atoms with Crippen LogP contribution in [0, 0.1) is 43.3 Å². The summed E-state index contributed by atoms with van der Waals surface area (Å²) in [7, 11) is 0. The van der Waals surface area contributed by atoms with Crippen molar-refractivity contribution >= 4 is 52.3 Å². The maximum atomic E-state index is 15.4. The number of morpholine rings is 1. The number of carbonyl (C=O) groups is 4. The zero-order valence-electron chi connectivity index (χ0n) is 30.9. The number of anilines is 3. The summed E-state index contributed by atoms with van der Waals surface area (Å²) in [6, 6.07) is 23.5. The van der Waals surface area contributed by atoms with Crippen molar-refractivity contribution in [1.29, 1.82) is 0 Å². The van der Waals surface area contributed by atoms with Crippen LogP contribution in [-0.4, -0.2) is 60.0 Å². The van der Waals surface area contributed by atoms with Crippen LogP contribution in [0.2, 0.25) is 5.02 Å². The summed E-state index contributed by atoms with van der Waals surface area (Å²) in [5.41, 5.74) is 6.53. The highest BCUT2D eigenvalue weighted by molar-refractivity contribution is 6.30. The van der Waals surface area contributed by atoms with Crippen LogP contribution >= 0.6 is 11.6 Å². The Morgan fingerprint density at radius 3 is 2.12 bits per heavy atom. The molecule has 2 N–H and O–H groups in total. The molecule has 6 unspecified atom stereocenters. The van der Waals surface area contributed by atoms with E-state index in [1.54, 1.807) is 38.1 Å². The van der Waals surface area contributed by atoms with Crippen LogP contribution in [0.4, 0.5) is 21.5 Å². The monoisotopic (exact) mass is 774 g/mol. The van der Waals surface area contributed by atoms with E-state index >= 15 is 4.79 Å². The average molecular weight is 775 g/mol. The molecule has 4 aromatic carbocycles. The number of nitrogens with one attached hydrogen (secondary N) is 1. The SMILES string of the molecule is Cc1cc(C2C3=CCC4C(=O)N(c5ccc(N6CCOCC6)cc5)C(=O)C4C3CC3C(=O)N(Nc4ccc(F)cc4)C(=O)C32c2ccc(Cl)cc2)cc(C)c1O. The summed E-state index contributed by atoms with van der Waals surface area (Å²) in [4.78, 5) is 62.8. The van der Waals surface area contributed by atoms with E-state index in [0.29, 0.717) is 51.9 Å². The van der Waals surface area contributed by atoms with Gasteiger partial charge in [-0.25, -0.2) is 4.39 Å². The number of allylic oxidation sites excluding steroid dienone is 2. The van der Waals surface area contributed by atoms with Crippen LogP contribution in [-0.2, 0) is 29.3 Å². The van der Waals surface area contributed by atoms with Crippen molar-refractivity contribution in [3.8, 4) is 5.75 Å². The Morgan fingerprint density at radius 2 is 1.46 bits per heavy atom. The minimum absolute atomic E-state index is 0.121. The lowest BCUT2D eigenvalue weighted by molar-refractivity contribution is -0.138. The summed E-state index contributed by atoms with van der Waals surface area (Å²) < 4.78 is 19.4. The van der Waals surface area contributed by atoms with Crippen LogP contribution in [0.15, 0.2) is 96.6 Å². The average Bonchev–Trinajstić information content (AvgIpc) is 3.58. The lowest BCUT2D eigenvalue weighted by atomic mass is 9.49. The minimum Gasteiger partial charge on any atom is -0.507 e. The number of amides is 4. The summed E-state index contributed by atoms with van der Waals surface area (Å²) >= 11 is 6.41. The van der Waals surface area contributed by atoms with E-state index in [4.69, 9.17) is 16.3 Å². The van der Waals surface area contributed by atoms with Gasteiger partial charge in [-0.05, 0) is 116 Å². The van der Waals surface area contributed by atoms with Gasteiger partial charge in [-0.2, -0.15) is 5.01 Å². The van der Waals surface area contributed by atoms with E-state index in [0.717, 1.165) is 29.4 Å². The first kappa shape index (κ1) is 36.1. The number of phenolic OH excluding ortho intramolecular Hbond substituents is 1. The van der Waals surface area contributed by atoms with Gasteiger partial charge in [0.05, 0.1) is 47.8 Å². The first-order valence-corrected chi connectivity index (χ1v) is 19.3. The molecular formula is C44H40ClFN4O6. The van der Waals surface area contributed by atoms with E-state index in [-0.39, 0.29) is 30.4 Å². The maximum absolute atomic E-state index is 15.4. The highest BCUT2D eigenvalue weighted by atomic mass is 35.5. The molecule has 0 bridgehead atoms. The molecule has 0 radical (unpaired) electrons. The number of rotatable bonds is 6. The molecule has 4 aromatic rings. The Hall–Kier alpha value is -5.52. The molecule has 3 aliphatic heterocycles. The van der Waals surface area contributed by atoms with Gasteiger partial charge in [-0.15, -0.1) is 0 Å². The number of phenols is 1. The summed E-state index contributed by atoms with van der Waals surface area (Å²) in [5, 5.41) is 12.4. The Balaban J connectivity index is 1.18. The van der Waals surface area contributed by atoms with Crippen LogP contribution in [0.5, 0.6) is 5.75 Å². The third-order valence-electron chi connectivity index (χ3n) is 12.6. The normalized spacial score (nSPS) is 27.2. The van der Waals surface area contributed by atoms with Gasteiger partial charge in [0.15, 0.2) is 0 Å². The van der Waals surface area contributed by atoms with Gasteiger partial charge >= 0.3 is 0 Å². The molecule has 286 valence electrons. The Bertz CT molecular complexity index is 2290. The highest BCUT2D eigenvalue weighted by Gasteiger charge is 2.70. The number of carbonyl (C=O) groups excluding carboxylic acids is 4. The standard InChI is InChI=1S/C44H40ClFN4O6/c1-24-21-26(22-25(2)39(24)51)38-33-15-16-34-37(42(54)49(40(34)52)32-13-11-31(12-14-32)48-17-19-56-20-18-48)35(33)23-36-41(53)50(47-30-9-7-29(46)8-10-30)43(55)44(36,38)27-3-5-28(45)6-4-27/h3-15,21-22,34-38,47,51H,16-20,23H2,1-2H3. The highest BCUT2D eigenvalue weighted by Crippen LogP contribution is 2.64. The van der Waals surface area contributed by atoms with Crippen molar-refractivity contribution in [2.45, 2.75) is 38.0 Å². The Labute approximate surface area is 328 Å². The molecule has 1 saturated carbocycles. The van der Waals surface area contributed by atoms with Gasteiger partial charge in [0.2, 0.25) is 11.8 Å². The summed E-state index contributed by atoms with van der Waals surface area (Å²) in [6.07, 6.45) is 2.40. The van der Waals surface area contributed by atoms with Crippen molar-refractivity contribution in [2.75, 3.05) is 41.5 Å². The van der Waals surface area contributed by atoms with Crippen molar-refractivity contribution in [3.05, 3.63) is 130 Å². The molecular weight excluding hydrogens is 735 g/mol. The van der Waals surface area contributed by atoms with Gasteiger partial charge < -0.3 is 14.7 Å². The third kappa shape index (κ3) is 5.46. The second kappa shape index (κ2) is 13.6. The number of fused-ring (bicyclic) bond motifs is 4. The summed E-state index contributed by atoms with van der Waals surface area (Å²) in [5.74, 6) is -5.70. The number of hydrogen-bond acceptors (Lipinski definition) is 8. The predicted molar refractivity (Wildman–Crippen MR) is 209 cm³/mol. The number of nitrogens with zero attached hydrogens (tertiary/aromatic N) is 3. The van der Waals surface area contributed by atoms with Crippen molar-refractivity contribution < 1.29 is 33.4 Å². The number of benzene rings is 4. The van der Waals surface area contributed by atoms with Gasteiger partial charge in [-0.1, -0.05) is 47.5 Å². The molecule has 3 heterocycles. The fourth-order valence-electron chi connectivity index (χ4n) is 10.1. The molecule has 0 aromatic heterocycles. The molecule has 12 heteroatoms.